The van der Waals surface area contributed by atoms with Crippen molar-refractivity contribution in [2.75, 3.05) is 40.0 Å². The van der Waals surface area contributed by atoms with Gasteiger partial charge in [-0.1, -0.05) is 6.07 Å². The first-order valence-electron chi connectivity index (χ1n) is 7.54. The predicted molar refractivity (Wildman–Crippen MR) is 103 cm³/mol. The van der Waals surface area contributed by atoms with Crippen molar-refractivity contribution in [1.29, 1.82) is 0 Å². The van der Waals surface area contributed by atoms with Crippen LogP contribution in [-0.2, 0) is 15.9 Å². The van der Waals surface area contributed by atoms with Gasteiger partial charge in [-0.25, -0.2) is 0 Å². The van der Waals surface area contributed by atoms with Crippen molar-refractivity contribution >= 4 is 41.3 Å². The molecule has 0 radical (unpaired) electrons. The molecule has 1 aromatic rings. The summed E-state index contributed by atoms with van der Waals surface area (Å²) in [4.78, 5) is 5.59. The number of nitrogens with one attached hydrogen (secondary N) is 2. The van der Waals surface area contributed by atoms with Gasteiger partial charge in [-0.15, -0.1) is 35.3 Å². The Balaban J connectivity index is 0.00000242. The molecule has 2 N–H and O–H groups in total. The lowest BCUT2D eigenvalue weighted by molar-refractivity contribution is 0.0191. The van der Waals surface area contributed by atoms with E-state index in [2.05, 4.69) is 33.1 Å². The number of guanidine groups is 1. The average molecular weight is 439 g/mol. The smallest absolute Gasteiger partial charge is 0.191 e. The molecule has 7 heteroatoms. The van der Waals surface area contributed by atoms with Crippen LogP contribution in [0, 0.1) is 0 Å². The first-order valence-corrected chi connectivity index (χ1v) is 8.42. The number of rotatable bonds is 8. The van der Waals surface area contributed by atoms with E-state index in [1.165, 1.54) is 4.88 Å². The number of thiophene rings is 1. The van der Waals surface area contributed by atoms with Crippen LogP contribution in [-0.4, -0.2) is 52.0 Å². The Labute approximate surface area is 153 Å². The zero-order valence-corrected chi connectivity index (χ0v) is 16.2. The summed E-state index contributed by atoms with van der Waals surface area (Å²) in [6, 6.07) is 4.24. The Morgan fingerprint density at radius 3 is 3.00 bits per heavy atom. The van der Waals surface area contributed by atoms with E-state index in [0.29, 0.717) is 19.3 Å². The van der Waals surface area contributed by atoms with Crippen molar-refractivity contribution in [3.63, 3.8) is 0 Å². The van der Waals surface area contributed by atoms with Gasteiger partial charge in [-0.05, 0) is 30.7 Å². The molecule has 1 fully saturated rings. The molecule has 2 heterocycles. The van der Waals surface area contributed by atoms with Gasteiger partial charge in [0.25, 0.3) is 0 Å². The Hall–Kier alpha value is -0.380. The molecule has 1 unspecified atom stereocenters. The predicted octanol–water partition coefficient (Wildman–Crippen LogP) is 2.27. The summed E-state index contributed by atoms with van der Waals surface area (Å²) in [6.07, 6.45) is 3.61. The van der Waals surface area contributed by atoms with Crippen LogP contribution >= 0.6 is 35.3 Å². The minimum Gasteiger partial charge on any atom is -0.377 e. The third-order valence-electron chi connectivity index (χ3n) is 3.33. The SMILES string of the molecule is CN=C(NCCOCC1CCCO1)NCCc1cccs1.I. The van der Waals surface area contributed by atoms with Gasteiger partial charge in [0.05, 0.1) is 19.3 Å². The van der Waals surface area contributed by atoms with Gasteiger partial charge in [0.15, 0.2) is 5.96 Å². The normalized spacial score (nSPS) is 18.0. The molecular weight excluding hydrogens is 413 g/mol. The molecule has 1 aromatic heterocycles. The summed E-state index contributed by atoms with van der Waals surface area (Å²) in [5.74, 6) is 0.826. The fourth-order valence-corrected chi connectivity index (χ4v) is 2.92. The van der Waals surface area contributed by atoms with E-state index < -0.39 is 0 Å². The highest BCUT2D eigenvalue weighted by atomic mass is 127. The molecule has 2 rings (SSSR count). The topological polar surface area (TPSA) is 54.9 Å². The van der Waals surface area contributed by atoms with Crippen LogP contribution in [0.25, 0.3) is 0 Å². The van der Waals surface area contributed by atoms with Crippen molar-refractivity contribution in [3.8, 4) is 0 Å². The third kappa shape index (κ3) is 7.75. The van der Waals surface area contributed by atoms with Crippen molar-refractivity contribution in [2.45, 2.75) is 25.4 Å². The lowest BCUT2D eigenvalue weighted by Gasteiger charge is -2.13. The number of ether oxygens (including phenoxy) is 2. The molecule has 0 saturated carbocycles. The molecule has 1 saturated heterocycles. The molecule has 5 nitrogen and oxygen atoms in total. The second-order valence-corrected chi connectivity index (χ2v) is 6.00. The van der Waals surface area contributed by atoms with Crippen LogP contribution < -0.4 is 10.6 Å². The highest BCUT2D eigenvalue weighted by molar-refractivity contribution is 14.0. The number of nitrogens with zero attached hydrogens (tertiary/aromatic N) is 1. The van der Waals surface area contributed by atoms with Gasteiger partial charge in [-0.2, -0.15) is 0 Å². The average Bonchev–Trinajstić information content (AvgIpc) is 3.18. The fraction of sp³-hybridized carbons (Fsp3) is 0.667. The first kappa shape index (κ1) is 19.7. The number of hydrogen-bond donors (Lipinski definition) is 2. The lowest BCUT2D eigenvalue weighted by Crippen LogP contribution is -2.40. The van der Waals surface area contributed by atoms with Gasteiger partial charge in [0, 0.05) is 31.6 Å². The Bertz CT molecular complexity index is 409. The third-order valence-corrected chi connectivity index (χ3v) is 4.27. The summed E-state index contributed by atoms with van der Waals surface area (Å²) in [6.45, 7) is 3.90. The number of halogens is 1. The van der Waals surface area contributed by atoms with E-state index in [4.69, 9.17) is 9.47 Å². The first-order chi connectivity index (χ1) is 10.4. The maximum Gasteiger partial charge on any atom is 0.191 e. The monoisotopic (exact) mass is 439 g/mol. The molecule has 0 bridgehead atoms. The zero-order chi connectivity index (χ0) is 14.8. The van der Waals surface area contributed by atoms with E-state index in [-0.39, 0.29) is 24.0 Å². The van der Waals surface area contributed by atoms with Crippen LogP contribution in [0.3, 0.4) is 0 Å². The second-order valence-electron chi connectivity index (χ2n) is 4.97. The summed E-state index contributed by atoms with van der Waals surface area (Å²) in [5, 5.41) is 8.66. The minimum atomic E-state index is 0. The lowest BCUT2D eigenvalue weighted by atomic mass is 10.2. The van der Waals surface area contributed by atoms with Crippen molar-refractivity contribution in [3.05, 3.63) is 22.4 Å². The van der Waals surface area contributed by atoms with E-state index in [1.54, 1.807) is 18.4 Å². The summed E-state index contributed by atoms with van der Waals surface area (Å²) in [5.41, 5.74) is 0. The van der Waals surface area contributed by atoms with Crippen molar-refractivity contribution in [1.82, 2.24) is 10.6 Å². The molecule has 1 aliphatic rings. The van der Waals surface area contributed by atoms with E-state index >= 15 is 0 Å². The van der Waals surface area contributed by atoms with Gasteiger partial charge in [0.1, 0.15) is 0 Å². The minimum absolute atomic E-state index is 0. The van der Waals surface area contributed by atoms with Crippen molar-refractivity contribution < 1.29 is 9.47 Å². The Morgan fingerprint density at radius 2 is 2.32 bits per heavy atom. The van der Waals surface area contributed by atoms with Gasteiger partial charge >= 0.3 is 0 Å². The molecule has 126 valence electrons. The maximum absolute atomic E-state index is 5.61. The van der Waals surface area contributed by atoms with Crippen LogP contribution in [0.15, 0.2) is 22.5 Å². The second kappa shape index (κ2) is 12.1. The zero-order valence-electron chi connectivity index (χ0n) is 13.0. The van der Waals surface area contributed by atoms with Crippen LogP contribution in [0.2, 0.25) is 0 Å². The summed E-state index contributed by atoms with van der Waals surface area (Å²) in [7, 11) is 1.79. The Kier molecular flexibility index (Phi) is 10.8. The Morgan fingerprint density at radius 1 is 1.45 bits per heavy atom. The van der Waals surface area contributed by atoms with Gasteiger partial charge in [-0.3, -0.25) is 4.99 Å². The van der Waals surface area contributed by atoms with Crippen molar-refractivity contribution in [2.24, 2.45) is 4.99 Å². The van der Waals surface area contributed by atoms with Crippen LogP contribution in [0.5, 0.6) is 0 Å². The van der Waals surface area contributed by atoms with E-state index in [0.717, 1.165) is 44.9 Å². The quantitative estimate of drug-likeness (QED) is 0.283. The largest absolute Gasteiger partial charge is 0.377 e. The van der Waals surface area contributed by atoms with Crippen LogP contribution in [0.1, 0.15) is 17.7 Å². The molecule has 1 atom stereocenters. The molecule has 0 spiro atoms. The van der Waals surface area contributed by atoms with Crippen LogP contribution in [0.4, 0.5) is 0 Å². The standard InChI is InChI=1S/C15H25N3O2S.HI/c1-16-15(17-7-6-14-5-3-11-21-14)18-8-10-19-12-13-4-2-9-20-13;/h3,5,11,13H,2,4,6-10,12H2,1H3,(H2,16,17,18);1H. The van der Waals surface area contributed by atoms with E-state index in [9.17, 15) is 0 Å². The fourth-order valence-electron chi connectivity index (χ4n) is 2.21. The van der Waals surface area contributed by atoms with Gasteiger partial charge < -0.3 is 20.1 Å². The molecule has 1 aliphatic heterocycles. The number of hydrogen-bond acceptors (Lipinski definition) is 4. The molecule has 0 amide bonds. The highest BCUT2D eigenvalue weighted by Crippen LogP contribution is 2.11. The molecule has 22 heavy (non-hydrogen) atoms. The highest BCUT2D eigenvalue weighted by Gasteiger charge is 2.14. The molecular formula is C15H26IN3O2S. The number of aliphatic imine (C=N–C) groups is 1. The molecule has 0 aromatic carbocycles. The summed E-state index contributed by atoms with van der Waals surface area (Å²) < 4.78 is 11.1. The van der Waals surface area contributed by atoms with E-state index in [1.807, 2.05) is 0 Å². The molecule has 0 aliphatic carbocycles. The summed E-state index contributed by atoms with van der Waals surface area (Å²) >= 11 is 1.79. The van der Waals surface area contributed by atoms with Gasteiger partial charge in [0.2, 0.25) is 0 Å². The maximum atomic E-state index is 5.61.